The Hall–Kier alpha value is -2.01. The van der Waals surface area contributed by atoms with Gasteiger partial charge in [0, 0.05) is 11.6 Å². The molecule has 0 heterocycles. The van der Waals surface area contributed by atoms with Gasteiger partial charge in [0.15, 0.2) is 11.6 Å². The number of ether oxygens (including phenoxy) is 2. The lowest BCUT2D eigenvalue weighted by atomic mass is 9.77. The summed E-state index contributed by atoms with van der Waals surface area (Å²) >= 11 is 0. The summed E-state index contributed by atoms with van der Waals surface area (Å²) in [5.74, 6) is -0.241. The first-order chi connectivity index (χ1) is 18.5. The summed E-state index contributed by atoms with van der Waals surface area (Å²) in [4.78, 5) is 0. The predicted octanol–water partition coefficient (Wildman–Crippen LogP) is 9.99. The lowest BCUT2D eigenvalue weighted by Crippen LogP contribution is -2.22. The van der Waals surface area contributed by atoms with Crippen molar-refractivity contribution in [1.29, 1.82) is 0 Å². The Morgan fingerprint density at radius 1 is 0.737 bits per heavy atom. The van der Waals surface area contributed by atoms with Crippen LogP contribution in [0, 0.1) is 23.4 Å². The highest BCUT2D eigenvalue weighted by molar-refractivity contribution is 5.32. The first kappa shape index (κ1) is 29.0. The SMILES string of the molecule is CCCCCCCOc1ccc(COC2CCC(c3ccc(C4CCC(C)CC4)c(F)c3F)CC2)c(F)c1. The fourth-order valence-electron chi connectivity index (χ4n) is 6.16. The van der Waals surface area contributed by atoms with E-state index in [0.717, 1.165) is 64.2 Å². The Balaban J connectivity index is 1.22. The summed E-state index contributed by atoms with van der Waals surface area (Å²) in [6.07, 6.45) is 12.8. The van der Waals surface area contributed by atoms with E-state index in [4.69, 9.17) is 9.47 Å². The molecule has 4 rings (SSSR count). The smallest absolute Gasteiger partial charge is 0.162 e. The summed E-state index contributed by atoms with van der Waals surface area (Å²) in [5.41, 5.74) is 1.57. The van der Waals surface area contributed by atoms with Gasteiger partial charge in [-0.15, -0.1) is 0 Å². The molecule has 0 spiro atoms. The number of halogens is 3. The van der Waals surface area contributed by atoms with E-state index in [2.05, 4.69) is 13.8 Å². The fourth-order valence-corrected chi connectivity index (χ4v) is 6.16. The average Bonchev–Trinajstić information content (AvgIpc) is 2.93. The molecule has 5 heteroatoms. The molecule has 2 nitrogen and oxygen atoms in total. The van der Waals surface area contributed by atoms with Crippen molar-refractivity contribution in [3.8, 4) is 5.75 Å². The summed E-state index contributed by atoms with van der Waals surface area (Å²) in [5, 5.41) is 0. The standard InChI is InChI=1S/C33H45F3O2/c1-3-4-5-6-7-20-37-28-17-14-26(31(34)21-28)22-38-27-15-12-25(13-16-27)30-19-18-29(32(35)33(30)36)24-10-8-23(2)9-11-24/h14,17-19,21,23-25,27H,3-13,15-16,20,22H2,1-2H3. The van der Waals surface area contributed by atoms with Crippen LogP contribution in [0.3, 0.4) is 0 Å². The van der Waals surface area contributed by atoms with Crippen LogP contribution in [0.15, 0.2) is 30.3 Å². The van der Waals surface area contributed by atoms with Gasteiger partial charge in [0.05, 0.1) is 19.3 Å². The van der Waals surface area contributed by atoms with E-state index >= 15 is 8.78 Å². The minimum atomic E-state index is -0.657. The van der Waals surface area contributed by atoms with Gasteiger partial charge in [-0.1, -0.05) is 70.6 Å². The van der Waals surface area contributed by atoms with Crippen molar-refractivity contribution in [2.45, 2.75) is 122 Å². The molecule has 0 radical (unpaired) electrons. The van der Waals surface area contributed by atoms with Crippen LogP contribution < -0.4 is 4.74 Å². The lowest BCUT2D eigenvalue weighted by Gasteiger charge is -2.30. The molecule has 2 aliphatic rings. The van der Waals surface area contributed by atoms with Crippen molar-refractivity contribution in [3.63, 3.8) is 0 Å². The highest BCUT2D eigenvalue weighted by Crippen LogP contribution is 2.41. The van der Waals surface area contributed by atoms with Gasteiger partial charge in [-0.2, -0.15) is 0 Å². The largest absolute Gasteiger partial charge is 0.493 e. The Labute approximate surface area is 227 Å². The Morgan fingerprint density at radius 2 is 1.34 bits per heavy atom. The molecule has 38 heavy (non-hydrogen) atoms. The highest BCUT2D eigenvalue weighted by atomic mass is 19.2. The predicted molar refractivity (Wildman–Crippen MR) is 147 cm³/mol. The van der Waals surface area contributed by atoms with Crippen LogP contribution in [0.25, 0.3) is 0 Å². The van der Waals surface area contributed by atoms with Crippen LogP contribution in [0.2, 0.25) is 0 Å². The van der Waals surface area contributed by atoms with Crippen LogP contribution >= 0.6 is 0 Å². The quantitative estimate of drug-likeness (QED) is 0.254. The van der Waals surface area contributed by atoms with E-state index in [-0.39, 0.29) is 30.4 Å². The Morgan fingerprint density at radius 3 is 1.95 bits per heavy atom. The minimum absolute atomic E-state index is 0.0000750. The second-order valence-corrected chi connectivity index (χ2v) is 11.6. The first-order valence-corrected chi connectivity index (χ1v) is 15.0. The van der Waals surface area contributed by atoms with Gasteiger partial charge in [-0.25, -0.2) is 13.2 Å². The van der Waals surface area contributed by atoms with Crippen LogP contribution in [0.4, 0.5) is 13.2 Å². The van der Waals surface area contributed by atoms with E-state index < -0.39 is 11.6 Å². The normalized spacial score (nSPS) is 23.9. The molecule has 2 aromatic rings. The minimum Gasteiger partial charge on any atom is -0.493 e. The Bertz CT molecular complexity index is 1010. The summed E-state index contributed by atoms with van der Waals surface area (Å²) in [6.45, 7) is 5.23. The van der Waals surface area contributed by atoms with Gasteiger partial charge in [0.1, 0.15) is 11.6 Å². The molecule has 0 unspecified atom stereocenters. The van der Waals surface area contributed by atoms with E-state index in [1.165, 1.54) is 25.3 Å². The molecule has 0 aromatic heterocycles. The number of hydrogen-bond acceptors (Lipinski definition) is 2. The number of rotatable bonds is 12. The van der Waals surface area contributed by atoms with Crippen LogP contribution in [0.1, 0.15) is 126 Å². The molecule has 0 aliphatic heterocycles. The highest BCUT2D eigenvalue weighted by Gasteiger charge is 2.29. The molecular formula is C33H45F3O2. The zero-order valence-electron chi connectivity index (χ0n) is 23.3. The molecule has 2 aliphatic carbocycles. The number of hydrogen-bond donors (Lipinski definition) is 0. The fraction of sp³-hybridized carbons (Fsp3) is 0.636. The third kappa shape index (κ3) is 7.77. The molecular weight excluding hydrogens is 485 g/mol. The second kappa shape index (κ2) is 14.4. The average molecular weight is 531 g/mol. The topological polar surface area (TPSA) is 18.5 Å². The van der Waals surface area contributed by atoms with Gasteiger partial charge in [-0.05, 0) is 79.9 Å². The maximum absolute atomic E-state index is 15.1. The molecule has 0 amide bonds. The number of unbranched alkanes of at least 4 members (excludes halogenated alkanes) is 4. The van der Waals surface area contributed by atoms with E-state index in [9.17, 15) is 4.39 Å². The maximum Gasteiger partial charge on any atom is 0.162 e. The zero-order chi connectivity index (χ0) is 26.9. The summed E-state index contributed by atoms with van der Waals surface area (Å²) < 4.78 is 56.5. The molecule has 0 saturated heterocycles. The summed E-state index contributed by atoms with van der Waals surface area (Å²) in [6, 6.07) is 8.64. The van der Waals surface area contributed by atoms with Crippen molar-refractivity contribution < 1.29 is 22.6 Å². The molecule has 2 aromatic carbocycles. The van der Waals surface area contributed by atoms with Gasteiger partial charge in [0.2, 0.25) is 0 Å². The van der Waals surface area contributed by atoms with Crippen LogP contribution in [-0.2, 0) is 11.3 Å². The van der Waals surface area contributed by atoms with Gasteiger partial charge in [-0.3, -0.25) is 0 Å². The van der Waals surface area contributed by atoms with Crippen molar-refractivity contribution in [3.05, 3.63) is 64.5 Å². The Kier molecular flexibility index (Phi) is 11.0. The van der Waals surface area contributed by atoms with Gasteiger partial charge in [0.25, 0.3) is 0 Å². The third-order valence-corrected chi connectivity index (χ3v) is 8.73. The van der Waals surface area contributed by atoms with E-state index in [0.29, 0.717) is 35.0 Å². The van der Waals surface area contributed by atoms with Crippen molar-refractivity contribution in [2.24, 2.45) is 5.92 Å². The number of benzene rings is 2. The molecule has 0 atom stereocenters. The first-order valence-electron chi connectivity index (χ1n) is 15.0. The van der Waals surface area contributed by atoms with Gasteiger partial charge >= 0.3 is 0 Å². The third-order valence-electron chi connectivity index (χ3n) is 8.73. The molecule has 2 fully saturated rings. The second-order valence-electron chi connectivity index (χ2n) is 11.6. The maximum atomic E-state index is 15.1. The van der Waals surface area contributed by atoms with E-state index in [1.54, 1.807) is 12.1 Å². The molecule has 210 valence electrons. The monoisotopic (exact) mass is 530 g/mol. The summed E-state index contributed by atoms with van der Waals surface area (Å²) in [7, 11) is 0. The van der Waals surface area contributed by atoms with Crippen molar-refractivity contribution >= 4 is 0 Å². The lowest BCUT2D eigenvalue weighted by molar-refractivity contribution is 0.0118. The molecule has 0 bridgehead atoms. The van der Waals surface area contributed by atoms with Crippen LogP contribution in [0.5, 0.6) is 5.75 Å². The molecule has 2 saturated carbocycles. The van der Waals surface area contributed by atoms with E-state index in [1.807, 2.05) is 12.1 Å². The van der Waals surface area contributed by atoms with Crippen molar-refractivity contribution in [1.82, 2.24) is 0 Å². The van der Waals surface area contributed by atoms with Crippen LogP contribution in [-0.4, -0.2) is 12.7 Å². The zero-order valence-corrected chi connectivity index (χ0v) is 23.3. The molecule has 0 N–H and O–H groups in total. The van der Waals surface area contributed by atoms with Crippen molar-refractivity contribution in [2.75, 3.05) is 6.61 Å². The van der Waals surface area contributed by atoms with Gasteiger partial charge < -0.3 is 9.47 Å².